The van der Waals surface area contributed by atoms with E-state index >= 15 is 0 Å². The number of aromatic nitrogens is 3. The number of carbonyl (C=O) groups is 1. The van der Waals surface area contributed by atoms with E-state index in [1.807, 2.05) is 17.6 Å². The Morgan fingerprint density at radius 2 is 1.96 bits per heavy atom. The van der Waals surface area contributed by atoms with Gasteiger partial charge in [0.25, 0.3) is 0 Å². The first-order valence-corrected chi connectivity index (χ1v) is 10.00. The van der Waals surface area contributed by atoms with Crippen molar-refractivity contribution in [3.63, 3.8) is 0 Å². The summed E-state index contributed by atoms with van der Waals surface area (Å²) in [6.07, 6.45) is 1.65. The van der Waals surface area contributed by atoms with Crippen LogP contribution in [0, 0.1) is 20.8 Å². The zero-order valence-electron chi connectivity index (χ0n) is 16.1. The highest BCUT2D eigenvalue weighted by atomic mass is 35.5. The maximum absolute atomic E-state index is 12.4. The molecule has 0 radical (unpaired) electrons. The Hall–Kier alpha value is -2.51. The summed E-state index contributed by atoms with van der Waals surface area (Å²) in [4.78, 5) is 12.4. The van der Waals surface area contributed by atoms with Gasteiger partial charge in [-0.3, -0.25) is 9.36 Å². The molecule has 28 heavy (non-hydrogen) atoms. The summed E-state index contributed by atoms with van der Waals surface area (Å²) in [5.74, 6) is 0.542. The zero-order chi connectivity index (χ0) is 20.3. The number of rotatable bonds is 6. The van der Waals surface area contributed by atoms with Gasteiger partial charge in [-0.05, 0) is 55.7 Å². The third-order valence-corrected chi connectivity index (χ3v) is 5.72. The van der Waals surface area contributed by atoms with Crippen LogP contribution in [0.1, 0.15) is 16.7 Å². The van der Waals surface area contributed by atoms with Gasteiger partial charge in [0.15, 0.2) is 5.16 Å². The first-order chi connectivity index (χ1) is 13.4. The molecule has 0 fully saturated rings. The van der Waals surface area contributed by atoms with E-state index in [1.165, 1.54) is 30.0 Å². The summed E-state index contributed by atoms with van der Waals surface area (Å²) in [5.41, 5.74) is 4.82. The number of hydrogen-bond donors (Lipinski definition) is 1. The minimum atomic E-state index is -0.167. The normalized spacial score (nSPS) is 10.8. The molecule has 1 amide bonds. The Labute approximate surface area is 173 Å². The predicted molar refractivity (Wildman–Crippen MR) is 113 cm³/mol. The maximum atomic E-state index is 12.4. The van der Waals surface area contributed by atoms with E-state index in [4.69, 9.17) is 16.3 Å². The fourth-order valence-electron chi connectivity index (χ4n) is 2.62. The third-order valence-electron chi connectivity index (χ3n) is 4.37. The van der Waals surface area contributed by atoms with Crippen LogP contribution in [-0.2, 0) is 4.79 Å². The number of thioether (sulfide) groups is 1. The quantitative estimate of drug-likeness (QED) is 0.595. The van der Waals surface area contributed by atoms with E-state index in [0.29, 0.717) is 21.6 Å². The highest BCUT2D eigenvalue weighted by Gasteiger charge is 2.13. The average molecular weight is 417 g/mol. The molecule has 3 rings (SSSR count). The molecule has 0 aliphatic carbocycles. The van der Waals surface area contributed by atoms with Crippen molar-refractivity contribution in [2.75, 3.05) is 18.2 Å². The second-order valence-corrected chi connectivity index (χ2v) is 7.74. The van der Waals surface area contributed by atoms with Gasteiger partial charge in [0.1, 0.15) is 12.1 Å². The lowest BCUT2D eigenvalue weighted by Crippen LogP contribution is -2.15. The summed E-state index contributed by atoms with van der Waals surface area (Å²) in [6.45, 7) is 6.00. The monoisotopic (exact) mass is 416 g/mol. The molecular weight excluding hydrogens is 396 g/mol. The third kappa shape index (κ3) is 4.48. The minimum Gasteiger partial charge on any atom is -0.495 e. The van der Waals surface area contributed by atoms with Crippen LogP contribution in [0.2, 0.25) is 5.02 Å². The maximum Gasteiger partial charge on any atom is 0.234 e. The fourth-order valence-corrected chi connectivity index (χ4v) is 3.50. The average Bonchev–Trinajstić information content (AvgIpc) is 3.13. The van der Waals surface area contributed by atoms with Crippen molar-refractivity contribution in [2.45, 2.75) is 25.9 Å². The lowest BCUT2D eigenvalue weighted by atomic mass is 10.1. The largest absolute Gasteiger partial charge is 0.495 e. The van der Waals surface area contributed by atoms with Crippen LogP contribution in [0.25, 0.3) is 5.69 Å². The summed E-state index contributed by atoms with van der Waals surface area (Å²) in [7, 11) is 1.54. The van der Waals surface area contributed by atoms with Crippen LogP contribution in [0.5, 0.6) is 5.75 Å². The molecule has 3 aromatic rings. The Kier molecular flexibility index (Phi) is 6.26. The highest BCUT2D eigenvalue weighted by molar-refractivity contribution is 7.99. The van der Waals surface area contributed by atoms with Crippen molar-refractivity contribution in [1.29, 1.82) is 0 Å². The van der Waals surface area contributed by atoms with Crippen molar-refractivity contribution >= 4 is 35.0 Å². The summed E-state index contributed by atoms with van der Waals surface area (Å²) in [6, 6.07) is 9.62. The van der Waals surface area contributed by atoms with E-state index in [-0.39, 0.29) is 11.7 Å². The second kappa shape index (κ2) is 8.67. The zero-order valence-corrected chi connectivity index (χ0v) is 17.7. The predicted octanol–water partition coefficient (Wildman–Crippen LogP) is 4.59. The minimum absolute atomic E-state index is 0.167. The SMILES string of the molecule is COc1cc(Cl)c(C)cc1NC(=O)CSc1nncn1-c1ccc(C)c(C)c1. The lowest BCUT2D eigenvalue weighted by Gasteiger charge is -2.12. The topological polar surface area (TPSA) is 69.0 Å². The van der Waals surface area contributed by atoms with Gasteiger partial charge in [0.2, 0.25) is 5.91 Å². The molecule has 1 heterocycles. The number of methoxy groups -OCH3 is 1. The molecule has 6 nitrogen and oxygen atoms in total. The molecule has 0 spiro atoms. The Bertz CT molecular complexity index is 1020. The van der Waals surface area contributed by atoms with Crippen molar-refractivity contribution < 1.29 is 9.53 Å². The van der Waals surface area contributed by atoms with Gasteiger partial charge in [-0.2, -0.15) is 0 Å². The first kappa shape index (κ1) is 20.2. The second-order valence-electron chi connectivity index (χ2n) is 6.39. The number of nitrogens with zero attached hydrogens (tertiary/aromatic N) is 3. The van der Waals surface area contributed by atoms with E-state index in [0.717, 1.165) is 11.3 Å². The van der Waals surface area contributed by atoms with Crippen LogP contribution in [-0.4, -0.2) is 33.5 Å². The molecule has 2 aromatic carbocycles. The van der Waals surface area contributed by atoms with Gasteiger partial charge in [0.05, 0.1) is 18.6 Å². The van der Waals surface area contributed by atoms with Crippen LogP contribution >= 0.6 is 23.4 Å². The van der Waals surface area contributed by atoms with E-state index in [9.17, 15) is 4.79 Å². The number of aryl methyl sites for hydroxylation is 3. The lowest BCUT2D eigenvalue weighted by molar-refractivity contribution is -0.113. The van der Waals surface area contributed by atoms with E-state index in [2.05, 4.69) is 41.5 Å². The molecule has 0 saturated carbocycles. The molecule has 0 saturated heterocycles. The van der Waals surface area contributed by atoms with E-state index in [1.54, 1.807) is 18.5 Å². The standard InChI is InChI=1S/C20H21ClN4O2S/c1-12-5-6-15(7-13(12)2)25-11-22-24-20(25)28-10-19(26)23-17-8-14(3)16(21)9-18(17)27-4/h5-9,11H,10H2,1-4H3,(H,23,26). The Morgan fingerprint density at radius 1 is 1.18 bits per heavy atom. The Morgan fingerprint density at radius 3 is 2.68 bits per heavy atom. The van der Waals surface area contributed by atoms with Crippen molar-refractivity contribution in [2.24, 2.45) is 0 Å². The van der Waals surface area contributed by atoms with E-state index < -0.39 is 0 Å². The molecule has 0 aliphatic heterocycles. The number of amides is 1. The fraction of sp³-hybridized carbons (Fsp3) is 0.250. The van der Waals surface area contributed by atoms with Gasteiger partial charge in [-0.1, -0.05) is 29.4 Å². The molecule has 0 unspecified atom stereocenters. The Balaban J connectivity index is 1.70. The number of hydrogen-bond acceptors (Lipinski definition) is 5. The molecule has 0 atom stereocenters. The van der Waals surface area contributed by atoms with Crippen molar-refractivity contribution in [3.05, 3.63) is 58.4 Å². The number of anilines is 1. The van der Waals surface area contributed by atoms with Gasteiger partial charge < -0.3 is 10.1 Å². The van der Waals surface area contributed by atoms with Crippen molar-refractivity contribution in [1.82, 2.24) is 14.8 Å². The van der Waals surface area contributed by atoms with Gasteiger partial charge in [-0.15, -0.1) is 10.2 Å². The van der Waals surface area contributed by atoms with Crippen LogP contribution in [0.3, 0.4) is 0 Å². The molecule has 1 aromatic heterocycles. The van der Waals surface area contributed by atoms with Gasteiger partial charge in [0, 0.05) is 16.8 Å². The number of benzene rings is 2. The van der Waals surface area contributed by atoms with Crippen LogP contribution in [0.4, 0.5) is 5.69 Å². The first-order valence-electron chi connectivity index (χ1n) is 8.63. The summed E-state index contributed by atoms with van der Waals surface area (Å²) in [5, 5.41) is 12.2. The molecular formula is C20H21ClN4O2S. The number of nitrogens with one attached hydrogen (secondary N) is 1. The van der Waals surface area contributed by atoms with Gasteiger partial charge >= 0.3 is 0 Å². The van der Waals surface area contributed by atoms with Crippen molar-refractivity contribution in [3.8, 4) is 11.4 Å². The smallest absolute Gasteiger partial charge is 0.234 e. The molecule has 1 N–H and O–H groups in total. The van der Waals surface area contributed by atoms with Crippen LogP contribution in [0.15, 0.2) is 41.8 Å². The number of ether oxygens (including phenoxy) is 1. The van der Waals surface area contributed by atoms with Gasteiger partial charge in [-0.25, -0.2) is 0 Å². The molecule has 8 heteroatoms. The molecule has 0 aliphatic rings. The van der Waals surface area contributed by atoms with Crippen LogP contribution < -0.4 is 10.1 Å². The number of halogens is 1. The summed E-state index contributed by atoms with van der Waals surface area (Å²) >= 11 is 7.43. The number of carbonyl (C=O) groups excluding carboxylic acids is 1. The highest BCUT2D eigenvalue weighted by Crippen LogP contribution is 2.31. The summed E-state index contributed by atoms with van der Waals surface area (Å²) < 4.78 is 7.17. The molecule has 146 valence electrons. The molecule has 0 bridgehead atoms.